The van der Waals surface area contributed by atoms with E-state index in [1.165, 1.54) is 25.0 Å². The number of benzene rings is 1. The Balaban J connectivity index is 1.89. The maximum atomic E-state index is 13.1. The van der Waals surface area contributed by atoms with Crippen LogP contribution in [0.15, 0.2) is 30.3 Å². The van der Waals surface area contributed by atoms with E-state index in [2.05, 4.69) is 12.2 Å². The Morgan fingerprint density at radius 2 is 1.91 bits per heavy atom. The molecule has 0 aliphatic heterocycles. The molecule has 22 heavy (non-hydrogen) atoms. The molecule has 1 amide bonds. The summed E-state index contributed by atoms with van der Waals surface area (Å²) in [5.41, 5.74) is 3.40. The molecule has 1 fully saturated rings. The van der Waals surface area contributed by atoms with Gasteiger partial charge >= 0.3 is 0 Å². The maximum Gasteiger partial charge on any atom is 0.253 e. The number of nitrogens with zero attached hydrogens (tertiary/aromatic N) is 1. The van der Waals surface area contributed by atoms with Crippen molar-refractivity contribution < 1.29 is 9.18 Å². The van der Waals surface area contributed by atoms with Crippen molar-refractivity contribution in [3.05, 3.63) is 53.1 Å². The molecule has 4 heteroatoms. The first-order valence-electron chi connectivity index (χ1n) is 7.73. The minimum atomic E-state index is -0.262. The summed E-state index contributed by atoms with van der Waals surface area (Å²) in [5, 5.41) is 3.09. The number of hydrogen-bond donors (Lipinski definition) is 1. The summed E-state index contributed by atoms with van der Waals surface area (Å²) < 4.78 is 15.1. The van der Waals surface area contributed by atoms with Gasteiger partial charge in [0.15, 0.2) is 0 Å². The van der Waals surface area contributed by atoms with Gasteiger partial charge in [-0.15, -0.1) is 0 Å². The quantitative estimate of drug-likeness (QED) is 0.916. The molecule has 1 heterocycles. The van der Waals surface area contributed by atoms with E-state index >= 15 is 0 Å². The van der Waals surface area contributed by atoms with Crippen molar-refractivity contribution in [1.29, 1.82) is 0 Å². The lowest BCUT2D eigenvalue weighted by Crippen LogP contribution is -2.34. The van der Waals surface area contributed by atoms with Gasteiger partial charge in [-0.05, 0) is 69.9 Å². The number of halogens is 1. The Labute approximate surface area is 130 Å². The average molecular weight is 300 g/mol. The summed E-state index contributed by atoms with van der Waals surface area (Å²) in [7, 11) is 0. The van der Waals surface area contributed by atoms with Gasteiger partial charge in [-0.3, -0.25) is 4.79 Å². The van der Waals surface area contributed by atoms with Crippen LogP contribution in [-0.2, 0) is 0 Å². The molecule has 1 N–H and O–H groups in total. The highest BCUT2D eigenvalue weighted by molar-refractivity contribution is 5.96. The van der Waals surface area contributed by atoms with Crippen molar-refractivity contribution in [3.63, 3.8) is 0 Å². The normalized spacial score (nSPS) is 15.6. The van der Waals surface area contributed by atoms with Gasteiger partial charge in [0.25, 0.3) is 5.91 Å². The van der Waals surface area contributed by atoms with Gasteiger partial charge in [-0.2, -0.15) is 0 Å². The first kappa shape index (κ1) is 14.8. The smallest absolute Gasteiger partial charge is 0.253 e. The number of nitrogens with one attached hydrogen (secondary N) is 1. The SMILES string of the molecule is Cc1cc(C(=O)NC(C)C2CC2)c(C)n1-c1ccc(F)cc1. The van der Waals surface area contributed by atoms with Crippen LogP contribution in [0.1, 0.15) is 41.5 Å². The molecule has 1 aliphatic rings. The second kappa shape index (κ2) is 5.59. The number of amides is 1. The van der Waals surface area contributed by atoms with Crippen LogP contribution in [0.2, 0.25) is 0 Å². The largest absolute Gasteiger partial charge is 0.349 e. The van der Waals surface area contributed by atoms with Gasteiger partial charge < -0.3 is 9.88 Å². The molecule has 116 valence electrons. The Hall–Kier alpha value is -2.10. The van der Waals surface area contributed by atoms with E-state index in [1.807, 2.05) is 24.5 Å². The first-order chi connectivity index (χ1) is 10.5. The van der Waals surface area contributed by atoms with Crippen LogP contribution in [0.3, 0.4) is 0 Å². The van der Waals surface area contributed by atoms with Crippen LogP contribution in [0, 0.1) is 25.6 Å². The molecule has 3 rings (SSSR count). The van der Waals surface area contributed by atoms with E-state index in [0.717, 1.165) is 17.1 Å². The zero-order chi connectivity index (χ0) is 15.9. The van der Waals surface area contributed by atoms with Gasteiger partial charge in [-0.1, -0.05) is 0 Å². The van der Waals surface area contributed by atoms with Crippen LogP contribution in [-0.4, -0.2) is 16.5 Å². The summed E-state index contributed by atoms with van der Waals surface area (Å²) in [6, 6.07) is 8.44. The van der Waals surface area contributed by atoms with Crippen LogP contribution in [0.25, 0.3) is 5.69 Å². The molecule has 0 spiro atoms. The Morgan fingerprint density at radius 1 is 1.27 bits per heavy atom. The lowest BCUT2D eigenvalue weighted by molar-refractivity contribution is 0.0935. The Kier molecular flexibility index (Phi) is 3.77. The standard InChI is InChI=1S/C18H21FN2O/c1-11-10-17(18(22)20-12(2)14-4-5-14)13(3)21(11)16-8-6-15(19)7-9-16/h6-10,12,14H,4-5H2,1-3H3,(H,20,22). The van der Waals surface area contributed by atoms with Gasteiger partial charge in [0.1, 0.15) is 5.82 Å². The van der Waals surface area contributed by atoms with Gasteiger partial charge in [0.05, 0.1) is 5.56 Å². The lowest BCUT2D eigenvalue weighted by Gasteiger charge is -2.13. The van der Waals surface area contributed by atoms with Crippen LogP contribution < -0.4 is 5.32 Å². The van der Waals surface area contributed by atoms with Crippen molar-refractivity contribution in [1.82, 2.24) is 9.88 Å². The molecule has 2 aromatic rings. The van der Waals surface area contributed by atoms with Crippen molar-refractivity contribution in [2.75, 3.05) is 0 Å². The van der Waals surface area contributed by atoms with E-state index in [0.29, 0.717) is 11.5 Å². The molecular formula is C18H21FN2O. The summed E-state index contributed by atoms with van der Waals surface area (Å²) >= 11 is 0. The van der Waals surface area contributed by atoms with Crippen LogP contribution in [0.4, 0.5) is 4.39 Å². The summed E-state index contributed by atoms with van der Waals surface area (Å²) in [4.78, 5) is 12.5. The third-order valence-electron chi connectivity index (χ3n) is 4.45. The summed E-state index contributed by atoms with van der Waals surface area (Å²) in [6.45, 7) is 5.94. The van der Waals surface area contributed by atoms with Gasteiger partial charge in [0.2, 0.25) is 0 Å². The zero-order valence-electron chi connectivity index (χ0n) is 13.2. The van der Waals surface area contributed by atoms with Crippen LogP contribution >= 0.6 is 0 Å². The molecule has 1 aromatic heterocycles. The molecule has 0 radical (unpaired) electrons. The van der Waals surface area contributed by atoms with Crippen molar-refractivity contribution >= 4 is 5.91 Å². The number of rotatable bonds is 4. The molecule has 1 saturated carbocycles. The van der Waals surface area contributed by atoms with E-state index in [9.17, 15) is 9.18 Å². The third-order valence-corrected chi connectivity index (χ3v) is 4.45. The Morgan fingerprint density at radius 3 is 2.50 bits per heavy atom. The molecule has 0 bridgehead atoms. The fraction of sp³-hybridized carbons (Fsp3) is 0.389. The second-order valence-electron chi connectivity index (χ2n) is 6.20. The van der Waals surface area contributed by atoms with E-state index in [-0.39, 0.29) is 17.8 Å². The summed E-state index contributed by atoms with van der Waals surface area (Å²) in [6.07, 6.45) is 2.41. The third kappa shape index (κ3) is 2.78. The predicted molar refractivity (Wildman–Crippen MR) is 84.9 cm³/mol. The highest BCUT2D eigenvalue weighted by Crippen LogP contribution is 2.32. The fourth-order valence-electron chi connectivity index (χ4n) is 2.98. The maximum absolute atomic E-state index is 13.1. The average Bonchev–Trinajstić information content (AvgIpc) is 3.27. The number of aromatic nitrogens is 1. The monoisotopic (exact) mass is 300 g/mol. The molecular weight excluding hydrogens is 279 g/mol. The predicted octanol–water partition coefficient (Wildman–Crippen LogP) is 3.76. The van der Waals surface area contributed by atoms with Crippen molar-refractivity contribution in [2.45, 2.75) is 39.7 Å². The van der Waals surface area contributed by atoms with E-state index < -0.39 is 0 Å². The summed E-state index contributed by atoms with van der Waals surface area (Å²) in [5.74, 6) is 0.341. The molecule has 0 saturated heterocycles. The van der Waals surface area contributed by atoms with Crippen molar-refractivity contribution in [3.8, 4) is 5.69 Å². The van der Waals surface area contributed by atoms with Crippen LogP contribution in [0.5, 0.6) is 0 Å². The highest BCUT2D eigenvalue weighted by atomic mass is 19.1. The Bertz CT molecular complexity index is 699. The molecule has 1 atom stereocenters. The molecule has 3 nitrogen and oxygen atoms in total. The van der Waals surface area contributed by atoms with Gasteiger partial charge in [-0.25, -0.2) is 4.39 Å². The zero-order valence-corrected chi connectivity index (χ0v) is 13.2. The number of hydrogen-bond acceptors (Lipinski definition) is 1. The van der Waals surface area contributed by atoms with Crippen molar-refractivity contribution in [2.24, 2.45) is 5.92 Å². The molecule has 1 aliphatic carbocycles. The second-order valence-corrected chi connectivity index (χ2v) is 6.20. The number of carbonyl (C=O) groups excluding carboxylic acids is 1. The van der Waals surface area contributed by atoms with E-state index in [4.69, 9.17) is 0 Å². The fourth-order valence-corrected chi connectivity index (χ4v) is 2.98. The highest BCUT2D eigenvalue weighted by Gasteiger charge is 2.29. The molecule has 1 aromatic carbocycles. The first-order valence-corrected chi connectivity index (χ1v) is 7.73. The molecule has 1 unspecified atom stereocenters. The topological polar surface area (TPSA) is 34.0 Å². The van der Waals surface area contributed by atoms with Gasteiger partial charge in [0, 0.05) is 23.1 Å². The minimum Gasteiger partial charge on any atom is -0.349 e. The minimum absolute atomic E-state index is 0.0270. The number of aryl methyl sites for hydroxylation is 1. The van der Waals surface area contributed by atoms with E-state index in [1.54, 1.807) is 12.1 Å². The number of carbonyl (C=O) groups is 1. The lowest BCUT2D eigenvalue weighted by atomic mass is 10.2.